The zero-order valence-electron chi connectivity index (χ0n) is 8.78. The maximum absolute atomic E-state index is 11.5. The molecule has 1 atom stereocenters. The lowest BCUT2D eigenvalue weighted by molar-refractivity contribution is 0.0937. The molecule has 1 aliphatic carbocycles. The van der Waals surface area contributed by atoms with Crippen molar-refractivity contribution in [3.8, 4) is 0 Å². The van der Waals surface area contributed by atoms with Gasteiger partial charge in [0, 0.05) is 6.04 Å². The van der Waals surface area contributed by atoms with Gasteiger partial charge in [0.1, 0.15) is 0 Å². The molecular formula is C9H14N4O2. The molecule has 6 nitrogen and oxygen atoms in total. The Morgan fingerprint density at radius 2 is 2.33 bits per heavy atom. The van der Waals surface area contributed by atoms with Crippen LogP contribution in [0.5, 0.6) is 0 Å². The van der Waals surface area contributed by atoms with Crippen LogP contribution in [-0.4, -0.2) is 29.1 Å². The third kappa shape index (κ3) is 2.33. The smallest absolute Gasteiger partial charge is 0.292 e. The number of hydrogen-bond acceptors (Lipinski definition) is 5. The molecule has 1 amide bonds. The Morgan fingerprint density at radius 3 is 2.93 bits per heavy atom. The summed E-state index contributed by atoms with van der Waals surface area (Å²) in [6, 6.07) is 0.265. The Bertz CT molecular complexity index is 359. The molecule has 1 unspecified atom stereocenters. The molecule has 1 heterocycles. The van der Waals surface area contributed by atoms with E-state index in [-0.39, 0.29) is 17.8 Å². The third-order valence-electron chi connectivity index (χ3n) is 2.36. The number of nitrogens with zero attached hydrogens (tertiary/aromatic N) is 2. The lowest BCUT2D eigenvalue weighted by Crippen LogP contribution is -2.26. The highest BCUT2D eigenvalue weighted by molar-refractivity contribution is 5.90. The topological polar surface area (TPSA) is 80.0 Å². The number of rotatable bonds is 4. The van der Waals surface area contributed by atoms with Gasteiger partial charge < -0.3 is 15.2 Å². The number of amides is 1. The van der Waals surface area contributed by atoms with Crippen LogP contribution in [0.1, 0.15) is 42.3 Å². The molecule has 1 aliphatic rings. The molecule has 0 spiro atoms. The Hall–Kier alpha value is -1.43. The highest BCUT2D eigenvalue weighted by atomic mass is 16.5. The van der Waals surface area contributed by atoms with E-state index in [1.54, 1.807) is 7.05 Å². The standard InChI is InChI=1S/C9H14N4O2/c1-5(10-2)9-12-7(13-15-9)8(14)11-6-3-4-6/h5-6,10H,3-4H2,1-2H3,(H,11,14). The first-order valence-corrected chi connectivity index (χ1v) is 5.02. The van der Waals surface area contributed by atoms with E-state index < -0.39 is 0 Å². The molecule has 0 aliphatic heterocycles. The molecule has 2 N–H and O–H groups in total. The van der Waals surface area contributed by atoms with Gasteiger partial charge in [0.15, 0.2) is 0 Å². The molecular weight excluding hydrogens is 196 g/mol. The first-order valence-electron chi connectivity index (χ1n) is 5.02. The van der Waals surface area contributed by atoms with Gasteiger partial charge in [0.2, 0.25) is 5.89 Å². The average Bonchev–Trinajstić information content (AvgIpc) is 2.91. The molecule has 1 saturated carbocycles. The van der Waals surface area contributed by atoms with Crippen molar-refractivity contribution in [3.05, 3.63) is 11.7 Å². The second-order valence-corrected chi connectivity index (χ2v) is 3.71. The van der Waals surface area contributed by atoms with E-state index in [1.165, 1.54) is 0 Å². The number of carbonyl (C=O) groups is 1. The zero-order chi connectivity index (χ0) is 10.8. The van der Waals surface area contributed by atoms with Crippen molar-refractivity contribution in [2.75, 3.05) is 7.05 Å². The lowest BCUT2D eigenvalue weighted by Gasteiger charge is -2.01. The van der Waals surface area contributed by atoms with E-state index in [0.717, 1.165) is 12.8 Å². The Morgan fingerprint density at radius 1 is 1.60 bits per heavy atom. The summed E-state index contributed by atoms with van der Waals surface area (Å²) in [6.45, 7) is 1.89. The van der Waals surface area contributed by atoms with E-state index in [9.17, 15) is 4.79 Å². The number of carbonyl (C=O) groups excluding carboxylic acids is 1. The van der Waals surface area contributed by atoms with Crippen molar-refractivity contribution in [1.29, 1.82) is 0 Å². The molecule has 15 heavy (non-hydrogen) atoms. The predicted molar refractivity (Wildman–Crippen MR) is 52.3 cm³/mol. The minimum atomic E-state index is -0.254. The highest BCUT2D eigenvalue weighted by Gasteiger charge is 2.26. The van der Waals surface area contributed by atoms with Crippen LogP contribution in [0.15, 0.2) is 4.52 Å². The summed E-state index contributed by atoms with van der Waals surface area (Å²) in [6.07, 6.45) is 2.09. The summed E-state index contributed by atoms with van der Waals surface area (Å²) < 4.78 is 4.96. The van der Waals surface area contributed by atoms with Gasteiger partial charge in [-0.25, -0.2) is 0 Å². The van der Waals surface area contributed by atoms with Crippen molar-refractivity contribution < 1.29 is 9.32 Å². The van der Waals surface area contributed by atoms with Gasteiger partial charge in [-0.3, -0.25) is 4.79 Å². The molecule has 82 valence electrons. The summed E-state index contributed by atoms with van der Waals surface area (Å²) in [5.74, 6) is 0.285. The quantitative estimate of drug-likeness (QED) is 0.744. The van der Waals surface area contributed by atoms with Gasteiger partial charge >= 0.3 is 0 Å². The molecule has 1 aromatic rings. The molecule has 0 radical (unpaired) electrons. The minimum absolute atomic E-state index is 0.0417. The normalized spacial score (nSPS) is 17.5. The van der Waals surface area contributed by atoms with Crippen LogP contribution in [0.2, 0.25) is 0 Å². The first kappa shape index (κ1) is 10.1. The molecule has 0 saturated heterocycles. The molecule has 1 aromatic heterocycles. The van der Waals surface area contributed by atoms with Crippen LogP contribution < -0.4 is 10.6 Å². The Labute approximate surface area is 87.4 Å². The third-order valence-corrected chi connectivity index (χ3v) is 2.36. The van der Waals surface area contributed by atoms with E-state index in [2.05, 4.69) is 20.8 Å². The van der Waals surface area contributed by atoms with Crippen LogP contribution in [0.3, 0.4) is 0 Å². The lowest BCUT2D eigenvalue weighted by atomic mass is 10.3. The van der Waals surface area contributed by atoms with E-state index >= 15 is 0 Å². The summed E-state index contributed by atoms with van der Waals surface area (Å²) in [5, 5.41) is 9.38. The largest absolute Gasteiger partial charge is 0.346 e. The Balaban J connectivity index is 2.01. The number of hydrogen-bond donors (Lipinski definition) is 2. The number of nitrogens with one attached hydrogen (secondary N) is 2. The molecule has 1 fully saturated rings. The fraction of sp³-hybridized carbons (Fsp3) is 0.667. The van der Waals surface area contributed by atoms with Crippen LogP contribution in [0.4, 0.5) is 0 Å². The fourth-order valence-electron chi connectivity index (χ4n) is 1.10. The van der Waals surface area contributed by atoms with Gasteiger partial charge in [-0.1, -0.05) is 5.16 Å². The van der Waals surface area contributed by atoms with Crippen molar-refractivity contribution in [1.82, 2.24) is 20.8 Å². The van der Waals surface area contributed by atoms with Crippen LogP contribution in [0, 0.1) is 0 Å². The van der Waals surface area contributed by atoms with Crippen molar-refractivity contribution in [2.45, 2.75) is 31.8 Å². The molecule has 6 heteroatoms. The SMILES string of the molecule is CNC(C)c1nc(C(=O)NC2CC2)no1. The van der Waals surface area contributed by atoms with Gasteiger partial charge in [-0.2, -0.15) is 4.98 Å². The predicted octanol–water partition coefficient (Wildman–Crippen LogP) is 0.242. The molecule has 0 bridgehead atoms. The van der Waals surface area contributed by atoms with E-state index in [4.69, 9.17) is 4.52 Å². The van der Waals surface area contributed by atoms with Crippen LogP contribution >= 0.6 is 0 Å². The summed E-state index contributed by atoms with van der Waals surface area (Å²) in [4.78, 5) is 15.5. The van der Waals surface area contributed by atoms with E-state index in [0.29, 0.717) is 11.9 Å². The van der Waals surface area contributed by atoms with E-state index in [1.807, 2.05) is 6.92 Å². The maximum Gasteiger partial charge on any atom is 0.292 e. The monoisotopic (exact) mass is 210 g/mol. The molecule has 0 aromatic carbocycles. The Kier molecular flexibility index (Phi) is 2.68. The van der Waals surface area contributed by atoms with Gasteiger partial charge in [0.25, 0.3) is 11.7 Å². The fourth-order valence-corrected chi connectivity index (χ4v) is 1.10. The van der Waals surface area contributed by atoms with Crippen molar-refractivity contribution >= 4 is 5.91 Å². The highest BCUT2D eigenvalue weighted by Crippen LogP contribution is 2.19. The zero-order valence-corrected chi connectivity index (χ0v) is 8.78. The maximum atomic E-state index is 11.5. The van der Waals surface area contributed by atoms with Crippen molar-refractivity contribution in [3.63, 3.8) is 0 Å². The molecule has 2 rings (SSSR count). The summed E-state index contributed by atoms with van der Waals surface area (Å²) in [5.41, 5.74) is 0. The van der Waals surface area contributed by atoms with Crippen LogP contribution in [-0.2, 0) is 0 Å². The van der Waals surface area contributed by atoms with Gasteiger partial charge in [-0.05, 0) is 26.8 Å². The minimum Gasteiger partial charge on any atom is -0.346 e. The van der Waals surface area contributed by atoms with Gasteiger partial charge in [0.05, 0.1) is 6.04 Å². The second kappa shape index (κ2) is 3.98. The summed E-state index contributed by atoms with van der Waals surface area (Å²) in [7, 11) is 1.79. The summed E-state index contributed by atoms with van der Waals surface area (Å²) >= 11 is 0. The van der Waals surface area contributed by atoms with Crippen molar-refractivity contribution in [2.24, 2.45) is 0 Å². The number of aromatic nitrogens is 2. The average molecular weight is 210 g/mol. The van der Waals surface area contributed by atoms with Crippen LogP contribution in [0.25, 0.3) is 0 Å². The second-order valence-electron chi connectivity index (χ2n) is 3.71. The first-order chi connectivity index (χ1) is 7.20. The van der Waals surface area contributed by atoms with Gasteiger partial charge in [-0.15, -0.1) is 0 Å².